The molecule has 1 aliphatic carbocycles. The number of halogens is 3. The smallest absolute Gasteiger partial charge is 0.367 e. The topological polar surface area (TPSA) is 68.0 Å². The summed E-state index contributed by atoms with van der Waals surface area (Å²) in [5.41, 5.74) is 4.18. The minimum atomic E-state index is -4.55. The Morgan fingerprint density at radius 2 is 1.81 bits per heavy atom. The number of hydrogen-bond acceptors (Lipinski definition) is 3. The fraction of sp³-hybridized carbons (Fsp3) is 0.571. The van der Waals surface area contributed by atoms with Gasteiger partial charge >= 0.3 is 6.18 Å². The molecule has 116 valence electrons. The second-order valence-electron chi connectivity index (χ2n) is 5.29. The van der Waals surface area contributed by atoms with Crippen LogP contribution in [-0.4, -0.2) is 16.9 Å². The van der Waals surface area contributed by atoms with Crippen LogP contribution in [0.15, 0.2) is 12.1 Å². The number of aromatic nitrogens is 1. The molecule has 1 saturated carbocycles. The number of pyridine rings is 1. The molecule has 1 amide bonds. The maximum Gasteiger partial charge on any atom is 0.433 e. The second kappa shape index (κ2) is 6.32. The number of hydrogen-bond donors (Lipinski definition) is 2. The third kappa shape index (κ3) is 4.09. The number of anilines is 1. The fourth-order valence-corrected chi connectivity index (χ4v) is 2.54. The van der Waals surface area contributed by atoms with Gasteiger partial charge < -0.3 is 11.1 Å². The summed E-state index contributed by atoms with van der Waals surface area (Å²) in [6, 6.07) is 1.89. The first-order valence-corrected chi connectivity index (χ1v) is 7.02. The lowest BCUT2D eigenvalue weighted by molar-refractivity contribution is -0.141. The Morgan fingerprint density at radius 3 is 2.33 bits per heavy atom. The molecule has 0 saturated heterocycles. The molecule has 0 radical (unpaired) electrons. The minimum Gasteiger partial charge on any atom is -0.367 e. The number of amides is 1. The molecular formula is C14H18F3N3O. The van der Waals surface area contributed by atoms with Crippen LogP contribution in [0, 0.1) is 0 Å². The lowest BCUT2D eigenvalue weighted by atomic mass is 10.1. The Hall–Kier alpha value is -1.79. The van der Waals surface area contributed by atoms with E-state index in [4.69, 9.17) is 5.73 Å². The van der Waals surface area contributed by atoms with E-state index in [1.165, 1.54) is 0 Å². The van der Waals surface area contributed by atoms with Crippen molar-refractivity contribution in [2.24, 2.45) is 5.73 Å². The Balaban J connectivity index is 2.27. The van der Waals surface area contributed by atoms with Crippen LogP contribution < -0.4 is 11.1 Å². The van der Waals surface area contributed by atoms with Crippen molar-refractivity contribution in [2.75, 3.05) is 5.32 Å². The zero-order chi connectivity index (χ0) is 15.5. The predicted molar refractivity (Wildman–Crippen MR) is 72.9 cm³/mol. The standard InChI is InChI=1S/C14H18F3N3O/c15-14(16,17)11-8-7-10(12(18)21)13(20-11)19-9-5-3-1-2-4-6-9/h7-9H,1-6H2,(H2,18,21)(H,19,20). The van der Waals surface area contributed by atoms with Gasteiger partial charge in [-0.05, 0) is 25.0 Å². The summed E-state index contributed by atoms with van der Waals surface area (Å²) in [7, 11) is 0. The summed E-state index contributed by atoms with van der Waals surface area (Å²) < 4.78 is 38.2. The monoisotopic (exact) mass is 301 g/mol. The Bertz CT molecular complexity index is 509. The maximum atomic E-state index is 12.7. The van der Waals surface area contributed by atoms with Crippen molar-refractivity contribution < 1.29 is 18.0 Å². The number of carbonyl (C=O) groups excluding carboxylic acids is 1. The summed E-state index contributed by atoms with van der Waals surface area (Å²) in [5, 5.41) is 2.97. The first-order chi connectivity index (χ1) is 9.88. The molecule has 4 nitrogen and oxygen atoms in total. The molecule has 1 aromatic rings. The van der Waals surface area contributed by atoms with E-state index in [0.717, 1.165) is 50.7 Å². The average Bonchev–Trinajstić information content (AvgIpc) is 2.66. The summed E-state index contributed by atoms with van der Waals surface area (Å²) >= 11 is 0. The van der Waals surface area contributed by atoms with E-state index in [1.807, 2.05) is 0 Å². The number of alkyl halides is 3. The van der Waals surface area contributed by atoms with Crippen LogP contribution >= 0.6 is 0 Å². The van der Waals surface area contributed by atoms with Crippen LogP contribution in [0.1, 0.15) is 54.6 Å². The molecule has 0 bridgehead atoms. The lowest BCUT2D eigenvalue weighted by Crippen LogP contribution is -2.24. The third-order valence-electron chi connectivity index (χ3n) is 3.65. The molecule has 2 rings (SSSR count). The number of nitrogens with two attached hydrogens (primary N) is 1. The number of rotatable bonds is 3. The van der Waals surface area contributed by atoms with Gasteiger partial charge in [0.1, 0.15) is 11.5 Å². The number of primary amides is 1. The van der Waals surface area contributed by atoms with Gasteiger partial charge in [0.15, 0.2) is 0 Å². The number of nitrogens with one attached hydrogen (secondary N) is 1. The molecule has 7 heteroatoms. The van der Waals surface area contributed by atoms with Gasteiger partial charge in [-0.2, -0.15) is 13.2 Å². The van der Waals surface area contributed by atoms with Crippen LogP contribution in [0.2, 0.25) is 0 Å². The van der Waals surface area contributed by atoms with E-state index >= 15 is 0 Å². The molecule has 0 aromatic carbocycles. The van der Waals surface area contributed by atoms with Gasteiger partial charge in [-0.25, -0.2) is 4.98 Å². The average molecular weight is 301 g/mol. The quantitative estimate of drug-likeness (QED) is 0.841. The van der Waals surface area contributed by atoms with Gasteiger partial charge in [0, 0.05) is 6.04 Å². The Labute approximate surface area is 120 Å². The van der Waals surface area contributed by atoms with E-state index < -0.39 is 17.8 Å². The van der Waals surface area contributed by atoms with Crippen LogP contribution in [0.4, 0.5) is 19.0 Å². The van der Waals surface area contributed by atoms with Crippen LogP contribution in [0.5, 0.6) is 0 Å². The molecule has 3 N–H and O–H groups in total. The Morgan fingerprint density at radius 1 is 1.19 bits per heavy atom. The fourth-order valence-electron chi connectivity index (χ4n) is 2.54. The SMILES string of the molecule is NC(=O)c1ccc(C(F)(F)F)nc1NC1CCCCCC1. The van der Waals surface area contributed by atoms with Crippen molar-refractivity contribution in [2.45, 2.75) is 50.7 Å². The molecule has 1 aromatic heterocycles. The van der Waals surface area contributed by atoms with Gasteiger partial charge in [-0.3, -0.25) is 4.79 Å². The summed E-state index contributed by atoms with van der Waals surface area (Å²) in [5.74, 6) is -0.850. The van der Waals surface area contributed by atoms with Crippen LogP contribution in [0.25, 0.3) is 0 Å². The van der Waals surface area contributed by atoms with Crippen molar-refractivity contribution in [3.05, 3.63) is 23.4 Å². The largest absolute Gasteiger partial charge is 0.433 e. The lowest BCUT2D eigenvalue weighted by Gasteiger charge is -2.19. The van der Waals surface area contributed by atoms with Crippen LogP contribution in [-0.2, 0) is 6.18 Å². The maximum absolute atomic E-state index is 12.7. The summed E-state index contributed by atoms with van der Waals surface area (Å²) in [4.78, 5) is 14.9. The molecule has 0 spiro atoms. The minimum absolute atomic E-state index is 0.00718. The van der Waals surface area contributed by atoms with Crippen molar-refractivity contribution >= 4 is 11.7 Å². The van der Waals surface area contributed by atoms with Crippen LogP contribution in [0.3, 0.4) is 0 Å². The highest BCUT2D eigenvalue weighted by Gasteiger charge is 2.33. The first-order valence-electron chi connectivity index (χ1n) is 7.02. The number of nitrogens with zero attached hydrogens (tertiary/aromatic N) is 1. The molecule has 0 atom stereocenters. The van der Waals surface area contributed by atoms with E-state index in [9.17, 15) is 18.0 Å². The normalized spacial score (nSPS) is 17.3. The van der Waals surface area contributed by atoms with Crippen molar-refractivity contribution in [3.63, 3.8) is 0 Å². The van der Waals surface area contributed by atoms with E-state index in [2.05, 4.69) is 10.3 Å². The summed E-state index contributed by atoms with van der Waals surface area (Å²) in [6.07, 6.45) is 1.45. The molecule has 0 aliphatic heterocycles. The Kier molecular flexibility index (Phi) is 4.69. The highest BCUT2D eigenvalue weighted by atomic mass is 19.4. The second-order valence-corrected chi connectivity index (χ2v) is 5.29. The highest BCUT2D eigenvalue weighted by molar-refractivity contribution is 5.97. The van der Waals surface area contributed by atoms with Crippen molar-refractivity contribution in [1.82, 2.24) is 4.98 Å². The van der Waals surface area contributed by atoms with E-state index in [-0.39, 0.29) is 17.4 Å². The predicted octanol–water partition coefficient (Wildman–Crippen LogP) is 3.33. The molecular weight excluding hydrogens is 283 g/mol. The van der Waals surface area contributed by atoms with Crippen molar-refractivity contribution in [1.29, 1.82) is 0 Å². The highest BCUT2D eigenvalue weighted by Crippen LogP contribution is 2.30. The molecule has 21 heavy (non-hydrogen) atoms. The first kappa shape index (κ1) is 15.6. The molecule has 1 aliphatic rings. The van der Waals surface area contributed by atoms with Gasteiger partial charge in [-0.1, -0.05) is 25.7 Å². The zero-order valence-electron chi connectivity index (χ0n) is 11.5. The van der Waals surface area contributed by atoms with Gasteiger partial charge in [-0.15, -0.1) is 0 Å². The number of carbonyl (C=O) groups is 1. The van der Waals surface area contributed by atoms with Gasteiger partial charge in [0.2, 0.25) is 0 Å². The third-order valence-corrected chi connectivity index (χ3v) is 3.65. The molecule has 0 unspecified atom stereocenters. The van der Waals surface area contributed by atoms with E-state index in [0.29, 0.717) is 0 Å². The van der Waals surface area contributed by atoms with Gasteiger partial charge in [0.05, 0.1) is 5.56 Å². The molecule has 1 heterocycles. The zero-order valence-corrected chi connectivity index (χ0v) is 11.5. The van der Waals surface area contributed by atoms with E-state index in [1.54, 1.807) is 0 Å². The molecule has 1 fully saturated rings. The van der Waals surface area contributed by atoms with Gasteiger partial charge in [0.25, 0.3) is 5.91 Å². The summed E-state index contributed by atoms with van der Waals surface area (Å²) in [6.45, 7) is 0. The van der Waals surface area contributed by atoms with Crippen molar-refractivity contribution in [3.8, 4) is 0 Å².